The van der Waals surface area contributed by atoms with Crippen molar-refractivity contribution in [1.29, 1.82) is 0 Å². The molecule has 1 aromatic rings. The van der Waals surface area contributed by atoms with Crippen LogP contribution in [-0.4, -0.2) is 52.8 Å². The zero-order valence-electron chi connectivity index (χ0n) is 11.3. The standard InChI is InChI=1S/C13H23N5O/c14-12-3-9-17(10-4-12)11-13(19)15-5-1-7-18-8-2-6-16-18/h2,6,8,12H,1,3-5,7,9-11,14H2,(H,15,19). The van der Waals surface area contributed by atoms with Crippen molar-refractivity contribution in [1.82, 2.24) is 20.0 Å². The Morgan fingerprint density at radius 1 is 1.42 bits per heavy atom. The van der Waals surface area contributed by atoms with Crippen LogP contribution in [0.15, 0.2) is 18.5 Å². The van der Waals surface area contributed by atoms with Crippen molar-refractivity contribution in [3.8, 4) is 0 Å². The molecule has 1 fully saturated rings. The maximum Gasteiger partial charge on any atom is 0.234 e. The summed E-state index contributed by atoms with van der Waals surface area (Å²) in [5.74, 6) is 0.107. The number of amides is 1. The van der Waals surface area contributed by atoms with Gasteiger partial charge in [-0.3, -0.25) is 14.4 Å². The quantitative estimate of drug-likeness (QED) is 0.699. The lowest BCUT2D eigenvalue weighted by atomic mass is 10.1. The van der Waals surface area contributed by atoms with Crippen LogP contribution in [0.4, 0.5) is 0 Å². The van der Waals surface area contributed by atoms with Crippen LogP contribution in [0.1, 0.15) is 19.3 Å². The highest BCUT2D eigenvalue weighted by Gasteiger charge is 2.17. The molecule has 0 atom stereocenters. The molecule has 0 spiro atoms. The van der Waals surface area contributed by atoms with Gasteiger partial charge in [0.25, 0.3) is 0 Å². The van der Waals surface area contributed by atoms with Crippen LogP contribution >= 0.6 is 0 Å². The van der Waals surface area contributed by atoms with Gasteiger partial charge in [-0.15, -0.1) is 0 Å². The van der Waals surface area contributed by atoms with E-state index in [4.69, 9.17) is 5.73 Å². The number of aryl methyl sites for hydroxylation is 1. The van der Waals surface area contributed by atoms with E-state index in [-0.39, 0.29) is 5.91 Å². The minimum Gasteiger partial charge on any atom is -0.355 e. The van der Waals surface area contributed by atoms with E-state index in [1.807, 2.05) is 16.9 Å². The summed E-state index contributed by atoms with van der Waals surface area (Å²) in [6.07, 6.45) is 6.58. The van der Waals surface area contributed by atoms with E-state index in [0.717, 1.165) is 38.9 Å². The Morgan fingerprint density at radius 3 is 2.89 bits per heavy atom. The van der Waals surface area contributed by atoms with Crippen molar-refractivity contribution in [2.45, 2.75) is 31.8 Å². The molecule has 0 aliphatic carbocycles. The van der Waals surface area contributed by atoms with E-state index in [0.29, 0.717) is 19.1 Å². The molecule has 0 unspecified atom stereocenters. The van der Waals surface area contributed by atoms with Gasteiger partial charge in [-0.2, -0.15) is 5.10 Å². The van der Waals surface area contributed by atoms with E-state index < -0.39 is 0 Å². The maximum atomic E-state index is 11.7. The van der Waals surface area contributed by atoms with Crippen LogP contribution in [-0.2, 0) is 11.3 Å². The Bertz CT molecular complexity index is 370. The summed E-state index contributed by atoms with van der Waals surface area (Å²) in [4.78, 5) is 13.9. The minimum absolute atomic E-state index is 0.107. The molecule has 1 aliphatic heterocycles. The average molecular weight is 265 g/mol. The van der Waals surface area contributed by atoms with Gasteiger partial charge >= 0.3 is 0 Å². The lowest BCUT2D eigenvalue weighted by Crippen LogP contribution is -2.44. The van der Waals surface area contributed by atoms with Crippen LogP contribution < -0.4 is 11.1 Å². The van der Waals surface area contributed by atoms with E-state index >= 15 is 0 Å². The zero-order valence-corrected chi connectivity index (χ0v) is 11.3. The first kappa shape index (κ1) is 14.0. The number of nitrogens with zero attached hydrogens (tertiary/aromatic N) is 3. The number of carbonyl (C=O) groups excluding carboxylic acids is 1. The van der Waals surface area contributed by atoms with Gasteiger partial charge < -0.3 is 11.1 Å². The van der Waals surface area contributed by atoms with Crippen molar-refractivity contribution in [3.05, 3.63) is 18.5 Å². The summed E-state index contributed by atoms with van der Waals surface area (Å²) in [7, 11) is 0. The molecule has 0 aromatic carbocycles. The predicted molar refractivity (Wildman–Crippen MR) is 73.5 cm³/mol. The molecular formula is C13H23N5O. The number of nitrogens with two attached hydrogens (primary N) is 1. The Balaban J connectivity index is 1.54. The lowest BCUT2D eigenvalue weighted by molar-refractivity contribution is -0.122. The Labute approximate surface area is 113 Å². The van der Waals surface area contributed by atoms with Crippen LogP contribution in [0.25, 0.3) is 0 Å². The van der Waals surface area contributed by atoms with E-state index in [1.165, 1.54) is 0 Å². The SMILES string of the molecule is NC1CCN(CC(=O)NCCCn2cccn2)CC1. The number of hydrogen-bond donors (Lipinski definition) is 2. The first-order valence-electron chi connectivity index (χ1n) is 6.96. The highest BCUT2D eigenvalue weighted by molar-refractivity contribution is 5.77. The first-order valence-corrected chi connectivity index (χ1v) is 6.96. The smallest absolute Gasteiger partial charge is 0.234 e. The molecule has 6 nitrogen and oxygen atoms in total. The molecule has 3 N–H and O–H groups in total. The second-order valence-electron chi connectivity index (χ2n) is 5.09. The van der Waals surface area contributed by atoms with Crippen molar-refractivity contribution < 1.29 is 4.79 Å². The van der Waals surface area contributed by atoms with Gasteiger partial charge in [0, 0.05) is 44.6 Å². The second kappa shape index (κ2) is 7.25. The van der Waals surface area contributed by atoms with Crippen LogP contribution in [0.3, 0.4) is 0 Å². The number of aromatic nitrogens is 2. The Hall–Kier alpha value is -1.40. The Kier molecular flexibility index (Phi) is 5.35. The summed E-state index contributed by atoms with van der Waals surface area (Å²) >= 11 is 0. The van der Waals surface area contributed by atoms with Crippen molar-refractivity contribution in [2.75, 3.05) is 26.2 Å². The molecule has 1 amide bonds. The van der Waals surface area contributed by atoms with Crippen molar-refractivity contribution in [3.63, 3.8) is 0 Å². The molecule has 6 heteroatoms. The van der Waals surface area contributed by atoms with E-state index in [9.17, 15) is 4.79 Å². The average Bonchev–Trinajstić information content (AvgIpc) is 2.91. The highest BCUT2D eigenvalue weighted by Crippen LogP contribution is 2.07. The number of likely N-dealkylation sites (tertiary alicyclic amines) is 1. The molecule has 1 saturated heterocycles. The fourth-order valence-corrected chi connectivity index (χ4v) is 2.27. The third-order valence-electron chi connectivity index (χ3n) is 3.44. The molecular weight excluding hydrogens is 242 g/mol. The molecule has 1 aliphatic rings. The third kappa shape index (κ3) is 5.00. The predicted octanol–water partition coefficient (Wildman–Crippen LogP) is -0.187. The molecule has 1 aromatic heterocycles. The molecule has 0 bridgehead atoms. The summed E-state index contributed by atoms with van der Waals surface area (Å²) < 4.78 is 1.87. The van der Waals surface area contributed by atoms with E-state index in [1.54, 1.807) is 6.20 Å². The summed E-state index contributed by atoms with van der Waals surface area (Å²) in [5.41, 5.74) is 5.84. The summed E-state index contributed by atoms with van der Waals surface area (Å²) in [5, 5.41) is 7.07. The topological polar surface area (TPSA) is 76.2 Å². The number of rotatable bonds is 6. The molecule has 106 valence electrons. The minimum atomic E-state index is 0.107. The van der Waals surface area contributed by atoms with Gasteiger partial charge in [-0.05, 0) is 25.3 Å². The third-order valence-corrected chi connectivity index (χ3v) is 3.44. The Morgan fingerprint density at radius 2 is 2.21 bits per heavy atom. The van der Waals surface area contributed by atoms with Gasteiger partial charge in [0.1, 0.15) is 0 Å². The fourth-order valence-electron chi connectivity index (χ4n) is 2.27. The zero-order chi connectivity index (χ0) is 13.5. The van der Waals surface area contributed by atoms with Gasteiger partial charge in [-0.1, -0.05) is 0 Å². The summed E-state index contributed by atoms with van der Waals surface area (Å²) in [6.45, 7) is 3.90. The largest absolute Gasteiger partial charge is 0.355 e. The monoisotopic (exact) mass is 265 g/mol. The molecule has 0 saturated carbocycles. The number of nitrogens with one attached hydrogen (secondary N) is 1. The van der Waals surface area contributed by atoms with Crippen molar-refractivity contribution >= 4 is 5.91 Å². The molecule has 19 heavy (non-hydrogen) atoms. The first-order chi connectivity index (χ1) is 9.24. The molecule has 0 radical (unpaired) electrons. The summed E-state index contributed by atoms with van der Waals surface area (Å²) in [6, 6.07) is 2.22. The van der Waals surface area contributed by atoms with Gasteiger partial charge in [0.15, 0.2) is 0 Å². The van der Waals surface area contributed by atoms with Gasteiger partial charge in [-0.25, -0.2) is 0 Å². The normalized spacial score (nSPS) is 17.5. The van der Waals surface area contributed by atoms with Crippen molar-refractivity contribution in [2.24, 2.45) is 5.73 Å². The van der Waals surface area contributed by atoms with Crippen LogP contribution in [0.5, 0.6) is 0 Å². The van der Waals surface area contributed by atoms with Gasteiger partial charge in [0.05, 0.1) is 6.54 Å². The second-order valence-corrected chi connectivity index (χ2v) is 5.09. The number of hydrogen-bond acceptors (Lipinski definition) is 4. The van der Waals surface area contributed by atoms with Crippen LogP contribution in [0, 0.1) is 0 Å². The van der Waals surface area contributed by atoms with E-state index in [2.05, 4.69) is 15.3 Å². The molecule has 2 heterocycles. The lowest BCUT2D eigenvalue weighted by Gasteiger charge is -2.29. The number of carbonyl (C=O) groups is 1. The fraction of sp³-hybridized carbons (Fsp3) is 0.692. The van der Waals surface area contributed by atoms with Gasteiger partial charge in [0.2, 0.25) is 5.91 Å². The maximum absolute atomic E-state index is 11.7. The van der Waals surface area contributed by atoms with Crippen LogP contribution in [0.2, 0.25) is 0 Å². The molecule has 2 rings (SSSR count). The number of piperidine rings is 1. The highest BCUT2D eigenvalue weighted by atomic mass is 16.2.